The van der Waals surface area contributed by atoms with Crippen LogP contribution in [0.25, 0.3) is 0 Å². The standard InChI is InChI=1S/C14H13ClFNO/c1-18-13-5-3-2-4-10(13)14(17)11-8-9(16)6-7-12(11)15/h2-8,14H,17H2,1H3. The van der Waals surface area contributed by atoms with Gasteiger partial charge in [-0.25, -0.2) is 4.39 Å². The number of methoxy groups -OCH3 is 1. The van der Waals surface area contributed by atoms with Crippen molar-refractivity contribution < 1.29 is 9.13 Å². The SMILES string of the molecule is COc1ccccc1C(N)c1cc(F)ccc1Cl. The molecule has 0 saturated carbocycles. The number of hydrogen-bond acceptors (Lipinski definition) is 2. The van der Waals surface area contributed by atoms with Gasteiger partial charge in [0.25, 0.3) is 0 Å². The molecular weight excluding hydrogens is 253 g/mol. The van der Waals surface area contributed by atoms with E-state index in [4.69, 9.17) is 22.1 Å². The number of nitrogens with two attached hydrogens (primary N) is 1. The molecule has 94 valence electrons. The van der Waals surface area contributed by atoms with E-state index in [0.29, 0.717) is 16.3 Å². The van der Waals surface area contributed by atoms with E-state index in [1.165, 1.54) is 18.2 Å². The van der Waals surface area contributed by atoms with Crippen LogP contribution in [0.3, 0.4) is 0 Å². The molecule has 1 atom stereocenters. The number of ether oxygens (including phenoxy) is 1. The molecule has 2 rings (SSSR count). The second-order valence-corrected chi connectivity index (χ2v) is 4.29. The third kappa shape index (κ3) is 2.47. The fourth-order valence-corrected chi connectivity index (χ4v) is 2.08. The number of halogens is 2. The highest BCUT2D eigenvalue weighted by atomic mass is 35.5. The van der Waals surface area contributed by atoms with Gasteiger partial charge in [-0.3, -0.25) is 0 Å². The van der Waals surface area contributed by atoms with Crippen molar-refractivity contribution in [1.82, 2.24) is 0 Å². The van der Waals surface area contributed by atoms with Crippen molar-refractivity contribution >= 4 is 11.6 Å². The maximum atomic E-state index is 13.3. The van der Waals surface area contributed by atoms with E-state index in [1.807, 2.05) is 24.3 Å². The van der Waals surface area contributed by atoms with Crippen molar-refractivity contribution in [2.45, 2.75) is 6.04 Å². The van der Waals surface area contributed by atoms with Crippen molar-refractivity contribution in [3.63, 3.8) is 0 Å². The Labute approximate surface area is 110 Å². The van der Waals surface area contributed by atoms with E-state index in [0.717, 1.165) is 5.56 Å². The summed E-state index contributed by atoms with van der Waals surface area (Å²) in [5.74, 6) is 0.296. The van der Waals surface area contributed by atoms with E-state index in [1.54, 1.807) is 7.11 Å². The Kier molecular flexibility index (Phi) is 3.84. The molecule has 0 aliphatic heterocycles. The molecule has 2 aromatic rings. The first-order valence-corrected chi connectivity index (χ1v) is 5.84. The zero-order valence-corrected chi connectivity index (χ0v) is 10.6. The van der Waals surface area contributed by atoms with E-state index in [9.17, 15) is 4.39 Å². The van der Waals surface area contributed by atoms with Gasteiger partial charge in [0.2, 0.25) is 0 Å². The third-order valence-electron chi connectivity index (χ3n) is 2.77. The van der Waals surface area contributed by atoms with E-state index < -0.39 is 6.04 Å². The predicted molar refractivity (Wildman–Crippen MR) is 70.4 cm³/mol. The van der Waals surface area contributed by atoms with E-state index >= 15 is 0 Å². The second-order valence-electron chi connectivity index (χ2n) is 3.89. The van der Waals surface area contributed by atoms with Crippen molar-refractivity contribution in [2.75, 3.05) is 7.11 Å². The van der Waals surface area contributed by atoms with Gasteiger partial charge in [0.05, 0.1) is 13.2 Å². The summed E-state index contributed by atoms with van der Waals surface area (Å²) in [6, 6.07) is 11.0. The quantitative estimate of drug-likeness (QED) is 0.921. The lowest BCUT2D eigenvalue weighted by molar-refractivity contribution is 0.408. The molecule has 0 aliphatic rings. The van der Waals surface area contributed by atoms with Gasteiger partial charge in [0.1, 0.15) is 11.6 Å². The van der Waals surface area contributed by atoms with Crippen molar-refractivity contribution in [3.05, 3.63) is 64.4 Å². The molecule has 0 aliphatic carbocycles. The Bertz CT molecular complexity index is 559. The highest BCUT2D eigenvalue weighted by molar-refractivity contribution is 6.31. The van der Waals surface area contributed by atoms with Crippen LogP contribution in [-0.2, 0) is 0 Å². The van der Waals surface area contributed by atoms with Gasteiger partial charge in [0.15, 0.2) is 0 Å². The van der Waals surface area contributed by atoms with Crippen LogP contribution in [0.4, 0.5) is 4.39 Å². The minimum Gasteiger partial charge on any atom is -0.496 e. The lowest BCUT2D eigenvalue weighted by Crippen LogP contribution is -2.13. The maximum absolute atomic E-state index is 13.3. The monoisotopic (exact) mass is 265 g/mol. The summed E-state index contributed by atoms with van der Waals surface area (Å²) >= 11 is 6.05. The molecule has 2 nitrogen and oxygen atoms in total. The largest absolute Gasteiger partial charge is 0.496 e. The van der Waals surface area contributed by atoms with Crippen molar-refractivity contribution in [2.24, 2.45) is 5.73 Å². The van der Waals surface area contributed by atoms with Gasteiger partial charge in [-0.05, 0) is 29.8 Å². The van der Waals surface area contributed by atoms with Gasteiger partial charge in [0, 0.05) is 10.6 Å². The molecule has 0 saturated heterocycles. The molecule has 0 aromatic heterocycles. The van der Waals surface area contributed by atoms with Crippen LogP contribution in [-0.4, -0.2) is 7.11 Å². The van der Waals surface area contributed by atoms with Crippen LogP contribution >= 0.6 is 11.6 Å². The van der Waals surface area contributed by atoms with E-state index in [-0.39, 0.29) is 5.82 Å². The van der Waals surface area contributed by atoms with Crippen LogP contribution in [0.2, 0.25) is 5.02 Å². The first-order valence-electron chi connectivity index (χ1n) is 5.47. The van der Waals surface area contributed by atoms with Gasteiger partial charge in [-0.2, -0.15) is 0 Å². The lowest BCUT2D eigenvalue weighted by Gasteiger charge is -2.17. The topological polar surface area (TPSA) is 35.2 Å². The Hall–Kier alpha value is -1.58. The second kappa shape index (κ2) is 5.38. The minimum absolute atomic E-state index is 0.361. The molecule has 4 heteroatoms. The van der Waals surface area contributed by atoms with Crippen LogP contribution < -0.4 is 10.5 Å². The molecule has 1 unspecified atom stereocenters. The number of rotatable bonds is 3. The van der Waals surface area contributed by atoms with Gasteiger partial charge >= 0.3 is 0 Å². The van der Waals surface area contributed by atoms with Gasteiger partial charge in [-0.15, -0.1) is 0 Å². The molecule has 0 fully saturated rings. The summed E-state index contributed by atoms with van der Waals surface area (Å²) in [6.07, 6.45) is 0. The average molecular weight is 266 g/mol. The molecule has 0 heterocycles. The molecule has 18 heavy (non-hydrogen) atoms. The van der Waals surface area contributed by atoms with Crippen molar-refractivity contribution in [1.29, 1.82) is 0 Å². The molecule has 2 N–H and O–H groups in total. The Balaban J connectivity index is 2.47. The fourth-order valence-electron chi connectivity index (χ4n) is 1.84. The predicted octanol–water partition coefficient (Wildman–Crippen LogP) is 3.54. The molecule has 0 spiro atoms. The molecule has 2 aromatic carbocycles. The molecular formula is C14H13ClFNO. The van der Waals surface area contributed by atoms with Crippen LogP contribution in [0.5, 0.6) is 5.75 Å². The Morgan fingerprint density at radius 2 is 1.89 bits per heavy atom. The smallest absolute Gasteiger partial charge is 0.123 e. The summed E-state index contributed by atoms with van der Waals surface area (Å²) in [4.78, 5) is 0. The summed E-state index contributed by atoms with van der Waals surface area (Å²) in [5.41, 5.74) is 7.44. The summed E-state index contributed by atoms with van der Waals surface area (Å²) < 4.78 is 18.5. The fraction of sp³-hybridized carbons (Fsp3) is 0.143. The molecule has 0 radical (unpaired) electrons. The first-order chi connectivity index (χ1) is 8.63. The summed E-state index contributed by atoms with van der Waals surface area (Å²) in [7, 11) is 1.57. The molecule has 0 amide bonds. The zero-order valence-electron chi connectivity index (χ0n) is 9.86. The number of hydrogen-bond donors (Lipinski definition) is 1. The first kappa shape index (κ1) is 12.9. The highest BCUT2D eigenvalue weighted by Crippen LogP contribution is 2.32. The van der Waals surface area contributed by atoms with Gasteiger partial charge in [-0.1, -0.05) is 29.8 Å². The maximum Gasteiger partial charge on any atom is 0.123 e. The van der Waals surface area contributed by atoms with Crippen molar-refractivity contribution in [3.8, 4) is 5.75 Å². The van der Waals surface area contributed by atoms with E-state index in [2.05, 4.69) is 0 Å². The van der Waals surface area contributed by atoms with Gasteiger partial charge < -0.3 is 10.5 Å². The minimum atomic E-state index is -0.524. The number of benzene rings is 2. The lowest BCUT2D eigenvalue weighted by atomic mass is 9.98. The normalized spacial score (nSPS) is 12.2. The zero-order chi connectivity index (χ0) is 13.1. The summed E-state index contributed by atoms with van der Waals surface area (Å²) in [6.45, 7) is 0. The Morgan fingerprint density at radius 1 is 1.17 bits per heavy atom. The number of para-hydroxylation sites is 1. The average Bonchev–Trinajstić information content (AvgIpc) is 2.40. The Morgan fingerprint density at radius 3 is 2.61 bits per heavy atom. The van der Waals surface area contributed by atoms with Crippen LogP contribution in [0.15, 0.2) is 42.5 Å². The summed E-state index contributed by atoms with van der Waals surface area (Å²) in [5, 5.41) is 0.440. The third-order valence-corrected chi connectivity index (χ3v) is 3.11. The highest BCUT2D eigenvalue weighted by Gasteiger charge is 2.16. The molecule has 0 bridgehead atoms. The van der Waals surface area contributed by atoms with Crippen LogP contribution in [0, 0.1) is 5.82 Å². The van der Waals surface area contributed by atoms with Crippen LogP contribution in [0.1, 0.15) is 17.2 Å².